The maximum Gasteiger partial charge on any atom is 0.159 e. The van der Waals surface area contributed by atoms with Crippen LogP contribution in [0, 0.1) is 11.6 Å². The van der Waals surface area contributed by atoms with Crippen LogP contribution in [0.5, 0.6) is 0 Å². The average Bonchev–Trinajstić information content (AvgIpc) is 3.15. The Morgan fingerprint density at radius 3 is 2.57 bits per heavy atom. The van der Waals surface area contributed by atoms with Gasteiger partial charge in [0.2, 0.25) is 0 Å². The van der Waals surface area contributed by atoms with Gasteiger partial charge in [-0.1, -0.05) is 12.1 Å². The summed E-state index contributed by atoms with van der Waals surface area (Å²) < 4.78 is 31.4. The first-order chi connectivity index (χ1) is 13.6. The van der Waals surface area contributed by atoms with E-state index < -0.39 is 11.6 Å². The monoisotopic (exact) mass is 388 g/mol. The summed E-state index contributed by atoms with van der Waals surface area (Å²) >= 11 is 0. The quantitative estimate of drug-likeness (QED) is 0.700. The van der Waals surface area contributed by atoms with Gasteiger partial charge in [-0.15, -0.1) is 0 Å². The third kappa shape index (κ3) is 4.19. The smallest absolute Gasteiger partial charge is 0.159 e. The van der Waals surface area contributed by atoms with Gasteiger partial charge in [-0.05, 0) is 52.1 Å². The number of fused-ring (bicyclic) bond motifs is 1. The molecule has 0 unspecified atom stereocenters. The minimum atomic E-state index is -0.834. The van der Waals surface area contributed by atoms with E-state index in [2.05, 4.69) is 20.1 Å². The number of aromatic nitrogens is 2. The third-order valence-corrected chi connectivity index (χ3v) is 5.25. The standard InChI is InChI=1S/C20H22F2N4O2/c21-17-3-1-14(9-18(17)22)12-26-7-6-25(13-16(26)5-8-27)11-15-2-4-19-20(10-15)24-28-23-19/h1-4,9-10,16,27H,5-8,11-13H2/t16-/m0/s1. The van der Waals surface area contributed by atoms with Crippen molar-refractivity contribution in [3.05, 3.63) is 59.2 Å². The predicted molar refractivity (Wildman–Crippen MR) is 99.3 cm³/mol. The highest BCUT2D eigenvalue weighted by atomic mass is 19.2. The summed E-state index contributed by atoms with van der Waals surface area (Å²) in [6, 6.07) is 10.1. The molecular weight excluding hydrogens is 366 g/mol. The van der Waals surface area contributed by atoms with Crippen molar-refractivity contribution in [2.24, 2.45) is 0 Å². The number of aliphatic hydroxyl groups excluding tert-OH is 1. The second-order valence-corrected chi connectivity index (χ2v) is 7.21. The van der Waals surface area contributed by atoms with Gasteiger partial charge in [-0.3, -0.25) is 9.80 Å². The first-order valence-electron chi connectivity index (χ1n) is 9.35. The molecule has 0 bridgehead atoms. The van der Waals surface area contributed by atoms with Gasteiger partial charge in [-0.2, -0.15) is 0 Å². The Kier molecular flexibility index (Phi) is 5.61. The first-order valence-corrected chi connectivity index (χ1v) is 9.35. The van der Waals surface area contributed by atoms with Gasteiger partial charge in [0.15, 0.2) is 11.6 Å². The van der Waals surface area contributed by atoms with E-state index in [1.807, 2.05) is 18.2 Å². The summed E-state index contributed by atoms with van der Waals surface area (Å²) in [4.78, 5) is 4.56. The van der Waals surface area contributed by atoms with Gasteiger partial charge in [0, 0.05) is 45.4 Å². The van der Waals surface area contributed by atoms with Crippen LogP contribution in [0.25, 0.3) is 11.0 Å². The molecule has 1 fully saturated rings. The number of rotatable bonds is 6. The highest BCUT2D eigenvalue weighted by Gasteiger charge is 2.27. The summed E-state index contributed by atoms with van der Waals surface area (Å²) in [6.07, 6.45) is 0.631. The molecule has 0 saturated carbocycles. The Morgan fingerprint density at radius 2 is 1.75 bits per heavy atom. The maximum absolute atomic E-state index is 13.5. The van der Waals surface area contributed by atoms with Crippen molar-refractivity contribution >= 4 is 11.0 Å². The Hall–Kier alpha value is -2.42. The minimum Gasteiger partial charge on any atom is -0.396 e. The van der Waals surface area contributed by atoms with E-state index in [0.717, 1.165) is 54.4 Å². The number of piperazine rings is 1. The molecule has 0 amide bonds. The molecule has 3 aromatic rings. The Labute approximate surface area is 161 Å². The summed E-state index contributed by atoms with van der Waals surface area (Å²) in [5.74, 6) is -1.66. The molecule has 4 rings (SSSR count). The molecule has 1 aliphatic heterocycles. The van der Waals surface area contributed by atoms with Crippen molar-refractivity contribution in [3.63, 3.8) is 0 Å². The lowest BCUT2D eigenvalue weighted by atomic mass is 10.1. The molecule has 2 heterocycles. The normalized spacial score (nSPS) is 18.8. The molecule has 0 radical (unpaired) electrons. The second kappa shape index (κ2) is 8.30. The molecule has 148 valence electrons. The van der Waals surface area contributed by atoms with Crippen molar-refractivity contribution in [2.75, 3.05) is 26.2 Å². The first kappa shape index (κ1) is 18.9. The fourth-order valence-corrected chi connectivity index (χ4v) is 3.79. The molecular formula is C20H22F2N4O2. The molecule has 1 aromatic heterocycles. The van der Waals surface area contributed by atoms with E-state index in [4.69, 9.17) is 4.63 Å². The fraction of sp³-hybridized carbons (Fsp3) is 0.400. The van der Waals surface area contributed by atoms with Crippen molar-refractivity contribution < 1.29 is 18.5 Å². The van der Waals surface area contributed by atoms with E-state index in [1.165, 1.54) is 6.07 Å². The average molecular weight is 388 g/mol. The van der Waals surface area contributed by atoms with E-state index in [9.17, 15) is 13.9 Å². The van der Waals surface area contributed by atoms with E-state index in [-0.39, 0.29) is 12.6 Å². The summed E-state index contributed by atoms with van der Waals surface area (Å²) in [6.45, 7) is 3.82. The molecule has 1 aliphatic rings. The van der Waals surface area contributed by atoms with Crippen LogP contribution in [-0.2, 0) is 13.1 Å². The van der Waals surface area contributed by atoms with Gasteiger partial charge in [0.25, 0.3) is 0 Å². The van der Waals surface area contributed by atoms with Crippen molar-refractivity contribution in [2.45, 2.75) is 25.6 Å². The van der Waals surface area contributed by atoms with E-state index in [1.54, 1.807) is 6.07 Å². The van der Waals surface area contributed by atoms with Crippen LogP contribution in [0.3, 0.4) is 0 Å². The lowest BCUT2D eigenvalue weighted by Gasteiger charge is -2.41. The zero-order valence-corrected chi connectivity index (χ0v) is 15.4. The highest BCUT2D eigenvalue weighted by Crippen LogP contribution is 2.20. The largest absolute Gasteiger partial charge is 0.396 e. The number of hydrogen-bond donors (Lipinski definition) is 1. The summed E-state index contributed by atoms with van der Waals surface area (Å²) in [5.41, 5.74) is 3.33. The third-order valence-electron chi connectivity index (χ3n) is 5.25. The van der Waals surface area contributed by atoms with E-state index in [0.29, 0.717) is 13.0 Å². The lowest BCUT2D eigenvalue weighted by molar-refractivity contribution is 0.0499. The van der Waals surface area contributed by atoms with Gasteiger partial charge >= 0.3 is 0 Å². The Bertz CT molecular complexity index is 949. The molecule has 1 N–H and O–H groups in total. The van der Waals surface area contributed by atoms with Crippen LogP contribution in [0.15, 0.2) is 41.0 Å². The van der Waals surface area contributed by atoms with E-state index >= 15 is 0 Å². The van der Waals surface area contributed by atoms with Gasteiger partial charge in [0.1, 0.15) is 11.0 Å². The molecule has 1 atom stereocenters. The Balaban J connectivity index is 1.42. The fourth-order valence-electron chi connectivity index (χ4n) is 3.79. The number of hydrogen-bond acceptors (Lipinski definition) is 6. The topological polar surface area (TPSA) is 65.6 Å². The Morgan fingerprint density at radius 1 is 0.964 bits per heavy atom. The van der Waals surface area contributed by atoms with Crippen LogP contribution in [0.4, 0.5) is 8.78 Å². The molecule has 2 aromatic carbocycles. The van der Waals surface area contributed by atoms with Gasteiger partial charge < -0.3 is 5.11 Å². The number of halogens is 2. The number of benzene rings is 2. The predicted octanol–water partition coefficient (Wildman–Crippen LogP) is 2.57. The molecule has 28 heavy (non-hydrogen) atoms. The van der Waals surface area contributed by atoms with Crippen molar-refractivity contribution in [1.82, 2.24) is 20.1 Å². The van der Waals surface area contributed by atoms with Gasteiger partial charge in [0.05, 0.1) is 0 Å². The van der Waals surface area contributed by atoms with Crippen LogP contribution in [0.2, 0.25) is 0 Å². The number of aliphatic hydroxyl groups is 1. The minimum absolute atomic E-state index is 0.0867. The highest BCUT2D eigenvalue weighted by molar-refractivity contribution is 5.73. The molecule has 0 spiro atoms. The van der Waals surface area contributed by atoms with Crippen LogP contribution in [0.1, 0.15) is 17.5 Å². The van der Waals surface area contributed by atoms with Crippen LogP contribution in [-0.4, -0.2) is 57.5 Å². The maximum atomic E-state index is 13.5. The molecule has 8 heteroatoms. The zero-order chi connectivity index (χ0) is 19.5. The van der Waals surface area contributed by atoms with Crippen LogP contribution >= 0.6 is 0 Å². The summed E-state index contributed by atoms with van der Waals surface area (Å²) in [7, 11) is 0. The zero-order valence-electron chi connectivity index (χ0n) is 15.4. The second-order valence-electron chi connectivity index (χ2n) is 7.21. The molecule has 1 saturated heterocycles. The van der Waals surface area contributed by atoms with Crippen molar-refractivity contribution in [3.8, 4) is 0 Å². The van der Waals surface area contributed by atoms with Crippen molar-refractivity contribution in [1.29, 1.82) is 0 Å². The lowest BCUT2D eigenvalue weighted by Crippen LogP contribution is -2.52. The number of nitrogens with zero attached hydrogens (tertiary/aromatic N) is 4. The molecule has 0 aliphatic carbocycles. The SMILES string of the molecule is OCC[C@H]1CN(Cc2ccc3nonc3c2)CCN1Cc1ccc(F)c(F)c1. The van der Waals surface area contributed by atoms with Gasteiger partial charge in [-0.25, -0.2) is 13.4 Å². The van der Waals surface area contributed by atoms with Crippen LogP contribution < -0.4 is 0 Å². The molecule has 6 nitrogen and oxygen atoms in total. The summed E-state index contributed by atoms with van der Waals surface area (Å²) in [5, 5.41) is 17.2.